The summed E-state index contributed by atoms with van der Waals surface area (Å²) < 4.78 is 0. The highest BCUT2D eigenvalue weighted by Gasteiger charge is 2.13. The van der Waals surface area contributed by atoms with Crippen LogP contribution >= 0.6 is 0 Å². The van der Waals surface area contributed by atoms with Gasteiger partial charge in [-0.15, -0.1) is 0 Å². The molecule has 6 aromatic rings. The lowest BCUT2D eigenvalue weighted by molar-refractivity contribution is 1.41. The zero-order valence-corrected chi connectivity index (χ0v) is 23.0. The second-order valence-corrected chi connectivity index (χ2v) is 9.97. The van der Waals surface area contributed by atoms with Crippen molar-refractivity contribution in [2.75, 3.05) is 11.5 Å². The van der Waals surface area contributed by atoms with Crippen molar-refractivity contribution >= 4 is 11.4 Å². The summed E-state index contributed by atoms with van der Waals surface area (Å²) in [6, 6.07) is 50.4. The Morgan fingerprint density at radius 3 is 1.10 bits per heavy atom. The molecule has 0 heterocycles. The summed E-state index contributed by atoms with van der Waals surface area (Å²) in [5.41, 5.74) is 25.5. The molecule has 0 atom stereocenters. The summed E-state index contributed by atoms with van der Waals surface area (Å²) in [5, 5.41) is 0. The van der Waals surface area contributed by atoms with Crippen LogP contribution in [0.25, 0.3) is 44.5 Å². The third-order valence-electron chi connectivity index (χ3n) is 7.09. The molecule has 40 heavy (non-hydrogen) atoms. The first-order valence-electron chi connectivity index (χ1n) is 13.5. The molecule has 0 bridgehead atoms. The summed E-state index contributed by atoms with van der Waals surface area (Å²) in [4.78, 5) is 0. The molecule has 196 valence electrons. The molecule has 0 saturated carbocycles. The van der Waals surface area contributed by atoms with E-state index >= 15 is 0 Å². The van der Waals surface area contributed by atoms with E-state index in [0.717, 1.165) is 11.4 Å². The SMILES string of the molecule is Cc1cc(N)ccc1-c1ccc(N)cc1C.c1ccc(-c2cccc(-c3ccccc3)c2-c2ccccc2)cc1. The molecule has 0 aromatic heterocycles. The standard InChI is InChI=1S/C24H18.C14H16N2/c1-4-11-19(12-5-1)22-17-10-18-23(20-13-6-2-7-14-20)24(22)21-15-8-3-9-16-21;1-9-7-11(15)3-5-13(9)14-6-4-12(16)8-10(14)2/h1-18H;3-8H,15-16H2,1-2H3. The van der Waals surface area contributed by atoms with Gasteiger partial charge in [0.05, 0.1) is 0 Å². The van der Waals surface area contributed by atoms with Gasteiger partial charge in [0.1, 0.15) is 0 Å². The Hall–Kier alpha value is -5.08. The van der Waals surface area contributed by atoms with Crippen molar-refractivity contribution in [3.05, 3.63) is 157 Å². The van der Waals surface area contributed by atoms with Crippen molar-refractivity contribution in [2.24, 2.45) is 0 Å². The van der Waals surface area contributed by atoms with Gasteiger partial charge in [0.2, 0.25) is 0 Å². The first kappa shape index (κ1) is 26.5. The second kappa shape index (κ2) is 12.2. The fourth-order valence-corrected chi connectivity index (χ4v) is 5.16. The van der Waals surface area contributed by atoms with Crippen LogP contribution in [0, 0.1) is 13.8 Å². The van der Waals surface area contributed by atoms with Gasteiger partial charge in [0, 0.05) is 11.4 Å². The van der Waals surface area contributed by atoms with E-state index in [1.165, 1.54) is 55.6 Å². The summed E-state index contributed by atoms with van der Waals surface area (Å²) in [5.74, 6) is 0. The largest absolute Gasteiger partial charge is 0.399 e. The normalized spacial score (nSPS) is 10.4. The molecule has 0 aliphatic carbocycles. The maximum absolute atomic E-state index is 5.75. The minimum atomic E-state index is 0.800. The van der Waals surface area contributed by atoms with Crippen LogP contribution in [0.1, 0.15) is 11.1 Å². The highest BCUT2D eigenvalue weighted by Crippen LogP contribution is 2.39. The van der Waals surface area contributed by atoms with E-state index in [2.05, 4.69) is 135 Å². The molecule has 2 nitrogen and oxygen atoms in total. The lowest BCUT2D eigenvalue weighted by Crippen LogP contribution is -1.92. The Bertz CT molecular complexity index is 1600. The minimum absolute atomic E-state index is 0.800. The van der Waals surface area contributed by atoms with Crippen LogP contribution in [-0.2, 0) is 0 Å². The van der Waals surface area contributed by atoms with Crippen molar-refractivity contribution in [3.8, 4) is 44.5 Å². The Balaban J connectivity index is 0.000000176. The number of hydrogen-bond donors (Lipinski definition) is 2. The van der Waals surface area contributed by atoms with Crippen molar-refractivity contribution < 1.29 is 0 Å². The Morgan fingerprint density at radius 2 is 0.725 bits per heavy atom. The van der Waals surface area contributed by atoms with Gasteiger partial charge in [-0.25, -0.2) is 0 Å². The van der Waals surface area contributed by atoms with Crippen LogP contribution in [0.15, 0.2) is 146 Å². The highest BCUT2D eigenvalue weighted by atomic mass is 14.5. The molecular weight excluding hydrogens is 484 g/mol. The van der Waals surface area contributed by atoms with Gasteiger partial charge in [-0.05, 0) is 93.7 Å². The van der Waals surface area contributed by atoms with E-state index < -0.39 is 0 Å². The predicted octanol–water partition coefficient (Wildman–Crippen LogP) is 9.82. The van der Waals surface area contributed by atoms with E-state index in [4.69, 9.17) is 11.5 Å². The van der Waals surface area contributed by atoms with Crippen molar-refractivity contribution in [3.63, 3.8) is 0 Å². The van der Waals surface area contributed by atoms with Crippen LogP contribution < -0.4 is 11.5 Å². The van der Waals surface area contributed by atoms with Gasteiger partial charge < -0.3 is 11.5 Å². The minimum Gasteiger partial charge on any atom is -0.399 e. The monoisotopic (exact) mass is 518 g/mol. The molecule has 0 amide bonds. The molecule has 2 heteroatoms. The number of aryl methyl sites for hydroxylation is 2. The van der Waals surface area contributed by atoms with Crippen molar-refractivity contribution in [1.82, 2.24) is 0 Å². The lowest BCUT2D eigenvalue weighted by atomic mass is 9.88. The van der Waals surface area contributed by atoms with Crippen molar-refractivity contribution in [2.45, 2.75) is 13.8 Å². The van der Waals surface area contributed by atoms with Gasteiger partial charge in [0.25, 0.3) is 0 Å². The van der Waals surface area contributed by atoms with Crippen LogP contribution in [-0.4, -0.2) is 0 Å². The summed E-state index contributed by atoms with van der Waals surface area (Å²) in [6.45, 7) is 4.14. The molecule has 0 aliphatic rings. The van der Waals surface area contributed by atoms with E-state index in [0.29, 0.717) is 0 Å². The van der Waals surface area contributed by atoms with Gasteiger partial charge in [-0.3, -0.25) is 0 Å². The number of benzene rings is 6. The topological polar surface area (TPSA) is 52.0 Å². The van der Waals surface area contributed by atoms with E-state index in [-0.39, 0.29) is 0 Å². The summed E-state index contributed by atoms with van der Waals surface area (Å²) >= 11 is 0. The maximum Gasteiger partial charge on any atom is 0.0317 e. The number of rotatable bonds is 4. The molecule has 4 N–H and O–H groups in total. The third kappa shape index (κ3) is 5.98. The number of nitrogen functional groups attached to an aromatic ring is 2. The number of anilines is 2. The Kier molecular flexibility index (Phi) is 8.08. The zero-order chi connectivity index (χ0) is 27.9. The van der Waals surface area contributed by atoms with Gasteiger partial charge in [-0.2, -0.15) is 0 Å². The second-order valence-electron chi connectivity index (χ2n) is 9.97. The number of nitrogens with two attached hydrogens (primary N) is 2. The van der Waals surface area contributed by atoms with Crippen LogP contribution in [0.4, 0.5) is 11.4 Å². The van der Waals surface area contributed by atoms with Crippen molar-refractivity contribution in [1.29, 1.82) is 0 Å². The highest BCUT2D eigenvalue weighted by molar-refractivity contribution is 5.94. The van der Waals surface area contributed by atoms with E-state index in [9.17, 15) is 0 Å². The quantitative estimate of drug-likeness (QED) is 0.228. The molecular formula is C38H34N2. The smallest absolute Gasteiger partial charge is 0.0317 e. The Labute approximate surface area is 237 Å². The molecule has 0 aliphatic heterocycles. The maximum atomic E-state index is 5.75. The molecule has 6 rings (SSSR count). The van der Waals surface area contributed by atoms with Gasteiger partial charge >= 0.3 is 0 Å². The Morgan fingerprint density at radius 1 is 0.350 bits per heavy atom. The molecule has 6 aromatic carbocycles. The lowest BCUT2D eigenvalue weighted by Gasteiger charge is -2.16. The first-order chi connectivity index (χ1) is 19.5. The number of hydrogen-bond acceptors (Lipinski definition) is 2. The predicted molar refractivity (Wildman–Crippen MR) is 173 cm³/mol. The van der Waals surface area contributed by atoms with Crippen LogP contribution in [0.3, 0.4) is 0 Å². The fourth-order valence-electron chi connectivity index (χ4n) is 5.16. The average Bonchev–Trinajstić information content (AvgIpc) is 2.99. The van der Waals surface area contributed by atoms with Gasteiger partial charge in [0.15, 0.2) is 0 Å². The molecule has 0 saturated heterocycles. The molecule has 0 fully saturated rings. The zero-order valence-electron chi connectivity index (χ0n) is 23.0. The molecule has 0 unspecified atom stereocenters. The van der Waals surface area contributed by atoms with E-state index in [1.807, 2.05) is 24.3 Å². The summed E-state index contributed by atoms with van der Waals surface area (Å²) in [6.07, 6.45) is 0. The fraction of sp³-hybridized carbons (Fsp3) is 0.0526. The molecule has 0 radical (unpaired) electrons. The van der Waals surface area contributed by atoms with E-state index in [1.54, 1.807) is 0 Å². The van der Waals surface area contributed by atoms with Crippen LogP contribution in [0.2, 0.25) is 0 Å². The average molecular weight is 519 g/mol. The van der Waals surface area contributed by atoms with Crippen LogP contribution in [0.5, 0.6) is 0 Å². The third-order valence-corrected chi connectivity index (χ3v) is 7.09. The molecule has 0 spiro atoms. The first-order valence-corrected chi connectivity index (χ1v) is 13.5. The van der Waals surface area contributed by atoms with Gasteiger partial charge in [-0.1, -0.05) is 121 Å². The summed E-state index contributed by atoms with van der Waals surface area (Å²) in [7, 11) is 0.